The Labute approximate surface area is 86.4 Å². The molecule has 0 spiro atoms. The molecule has 0 aliphatic rings. The van der Waals surface area contributed by atoms with Gasteiger partial charge in [0.1, 0.15) is 6.26 Å². The van der Waals surface area contributed by atoms with Crippen LogP contribution in [-0.2, 0) is 4.79 Å². The first kappa shape index (κ1) is 11.1. The van der Waals surface area contributed by atoms with E-state index in [1.54, 1.807) is 6.26 Å². The Kier molecular flexibility index (Phi) is 3.97. The number of oxazole rings is 1. The lowest BCUT2D eigenvalue weighted by Crippen LogP contribution is -2.37. The van der Waals surface area contributed by atoms with Crippen LogP contribution in [0.15, 0.2) is 15.9 Å². The number of hydrogen-bond acceptors (Lipinski definition) is 5. The third kappa shape index (κ3) is 2.74. The second-order valence-corrected chi connectivity index (χ2v) is 3.93. The highest BCUT2D eigenvalue weighted by Crippen LogP contribution is 2.24. The van der Waals surface area contributed by atoms with Crippen molar-refractivity contribution in [2.45, 2.75) is 30.7 Å². The molecule has 5 nitrogen and oxygen atoms in total. The average Bonchev–Trinajstić information content (AvgIpc) is 2.59. The maximum atomic E-state index is 11.2. The number of nitrogens with one attached hydrogen (secondary N) is 1. The molecule has 0 radical (unpaired) electrons. The van der Waals surface area contributed by atoms with Crippen LogP contribution in [0.25, 0.3) is 0 Å². The quantitative estimate of drug-likeness (QED) is 0.337. The molecule has 1 aromatic rings. The van der Waals surface area contributed by atoms with Crippen LogP contribution in [0, 0.1) is 6.92 Å². The summed E-state index contributed by atoms with van der Waals surface area (Å²) in [7, 11) is 0. The number of thioether (sulfide) groups is 1. The summed E-state index contributed by atoms with van der Waals surface area (Å²) in [5.74, 6) is 4.83. The molecule has 6 heteroatoms. The van der Waals surface area contributed by atoms with Crippen molar-refractivity contribution in [3.63, 3.8) is 0 Å². The smallest absolute Gasteiger partial charge is 0.256 e. The highest BCUT2D eigenvalue weighted by Gasteiger charge is 2.19. The van der Waals surface area contributed by atoms with E-state index in [-0.39, 0.29) is 11.2 Å². The zero-order chi connectivity index (χ0) is 10.6. The molecule has 0 bridgehead atoms. The van der Waals surface area contributed by atoms with Gasteiger partial charge in [0.15, 0.2) is 0 Å². The lowest BCUT2D eigenvalue weighted by Gasteiger charge is -2.08. The molecule has 1 unspecified atom stereocenters. The first-order valence-electron chi connectivity index (χ1n) is 4.26. The van der Waals surface area contributed by atoms with Crippen LogP contribution in [0.1, 0.15) is 19.0 Å². The standard InChI is InChI=1S/C8H13N3O2S/c1-3-6(7(12)11-9)14-8-10-5(2)4-13-8/h4,6H,3,9H2,1-2H3,(H,11,12). The average molecular weight is 215 g/mol. The SMILES string of the molecule is CCC(Sc1nc(C)co1)C(=O)NN. The monoisotopic (exact) mass is 215 g/mol. The predicted molar refractivity (Wildman–Crippen MR) is 53.5 cm³/mol. The summed E-state index contributed by atoms with van der Waals surface area (Å²) in [6.45, 7) is 3.74. The number of hydrogen-bond donors (Lipinski definition) is 2. The second-order valence-electron chi connectivity index (χ2n) is 2.78. The lowest BCUT2D eigenvalue weighted by atomic mass is 10.3. The number of carbonyl (C=O) groups excluding carboxylic acids is 1. The summed E-state index contributed by atoms with van der Waals surface area (Å²) < 4.78 is 5.12. The van der Waals surface area contributed by atoms with Crippen LogP contribution in [0.3, 0.4) is 0 Å². The van der Waals surface area contributed by atoms with Gasteiger partial charge in [-0.1, -0.05) is 18.7 Å². The summed E-state index contributed by atoms with van der Waals surface area (Å²) in [6, 6.07) is 0. The lowest BCUT2D eigenvalue weighted by molar-refractivity contribution is -0.120. The molecule has 1 atom stereocenters. The van der Waals surface area contributed by atoms with Gasteiger partial charge in [0.05, 0.1) is 10.9 Å². The van der Waals surface area contributed by atoms with Gasteiger partial charge in [0, 0.05) is 0 Å². The van der Waals surface area contributed by atoms with Crippen molar-refractivity contribution in [2.75, 3.05) is 0 Å². The topological polar surface area (TPSA) is 81.2 Å². The first-order valence-corrected chi connectivity index (χ1v) is 5.14. The van der Waals surface area contributed by atoms with Crippen LogP contribution in [0.2, 0.25) is 0 Å². The van der Waals surface area contributed by atoms with Crippen LogP contribution in [0.5, 0.6) is 0 Å². The number of rotatable bonds is 4. The molecule has 3 N–H and O–H groups in total. The Hall–Kier alpha value is -1.01. The summed E-state index contributed by atoms with van der Waals surface area (Å²) in [5.41, 5.74) is 2.92. The molecule has 78 valence electrons. The van der Waals surface area contributed by atoms with Crippen molar-refractivity contribution in [1.29, 1.82) is 0 Å². The zero-order valence-corrected chi connectivity index (χ0v) is 8.93. The highest BCUT2D eigenvalue weighted by molar-refractivity contribution is 8.00. The van der Waals surface area contributed by atoms with E-state index in [4.69, 9.17) is 10.3 Å². The van der Waals surface area contributed by atoms with Crippen molar-refractivity contribution in [3.8, 4) is 0 Å². The molecule has 0 aliphatic carbocycles. The van der Waals surface area contributed by atoms with Crippen LogP contribution in [-0.4, -0.2) is 16.1 Å². The van der Waals surface area contributed by atoms with Crippen LogP contribution in [0.4, 0.5) is 0 Å². The molecular weight excluding hydrogens is 202 g/mol. The minimum absolute atomic E-state index is 0.214. The van der Waals surface area contributed by atoms with Crippen LogP contribution >= 0.6 is 11.8 Å². The molecule has 0 aromatic carbocycles. The van der Waals surface area contributed by atoms with E-state index in [1.165, 1.54) is 11.8 Å². The molecule has 0 aliphatic heterocycles. The van der Waals surface area contributed by atoms with Crippen LogP contribution < -0.4 is 11.3 Å². The Morgan fingerprint density at radius 3 is 3.00 bits per heavy atom. The highest BCUT2D eigenvalue weighted by atomic mass is 32.2. The molecule has 1 rings (SSSR count). The van der Waals surface area contributed by atoms with Gasteiger partial charge in [-0.05, 0) is 13.3 Å². The van der Waals surface area contributed by atoms with Gasteiger partial charge in [-0.2, -0.15) is 0 Å². The molecule has 0 fully saturated rings. The van der Waals surface area contributed by atoms with E-state index >= 15 is 0 Å². The number of aryl methyl sites for hydroxylation is 1. The number of nitrogens with two attached hydrogens (primary N) is 1. The third-order valence-corrected chi connectivity index (χ3v) is 2.87. The summed E-state index contributed by atoms with van der Waals surface area (Å²) in [6.07, 6.45) is 2.23. The number of nitrogens with zero attached hydrogens (tertiary/aromatic N) is 1. The number of hydrazine groups is 1. The Bertz CT molecular complexity index is 313. The van der Waals surface area contributed by atoms with E-state index in [1.807, 2.05) is 13.8 Å². The molecule has 0 saturated carbocycles. The van der Waals surface area contributed by atoms with Gasteiger partial charge < -0.3 is 4.42 Å². The first-order chi connectivity index (χ1) is 6.67. The molecule has 1 aromatic heterocycles. The van der Waals surface area contributed by atoms with Gasteiger partial charge in [0.25, 0.3) is 5.22 Å². The number of carbonyl (C=O) groups is 1. The van der Waals surface area contributed by atoms with Gasteiger partial charge in [-0.25, -0.2) is 10.8 Å². The Morgan fingerprint density at radius 2 is 2.57 bits per heavy atom. The molecule has 1 heterocycles. The molecule has 1 amide bonds. The van der Waals surface area contributed by atoms with Gasteiger partial charge >= 0.3 is 0 Å². The number of amides is 1. The normalized spacial score (nSPS) is 12.5. The third-order valence-electron chi connectivity index (χ3n) is 1.65. The molecule has 14 heavy (non-hydrogen) atoms. The van der Waals surface area contributed by atoms with Gasteiger partial charge in [-0.3, -0.25) is 10.2 Å². The van der Waals surface area contributed by atoms with Gasteiger partial charge in [0.2, 0.25) is 5.91 Å². The van der Waals surface area contributed by atoms with Crippen molar-refractivity contribution in [1.82, 2.24) is 10.4 Å². The Balaban J connectivity index is 2.61. The minimum atomic E-state index is -0.252. The van der Waals surface area contributed by atoms with E-state index in [0.717, 1.165) is 5.69 Å². The predicted octanol–water partition coefficient (Wildman–Crippen LogP) is 0.844. The van der Waals surface area contributed by atoms with Crippen molar-refractivity contribution >= 4 is 17.7 Å². The summed E-state index contributed by atoms with van der Waals surface area (Å²) >= 11 is 1.27. The number of aromatic nitrogens is 1. The van der Waals surface area contributed by atoms with E-state index in [9.17, 15) is 4.79 Å². The fraction of sp³-hybridized carbons (Fsp3) is 0.500. The largest absolute Gasteiger partial charge is 0.440 e. The Morgan fingerprint density at radius 1 is 1.86 bits per heavy atom. The van der Waals surface area contributed by atoms with Crippen molar-refractivity contribution < 1.29 is 9.21 Å². The van der Waals surface area contributed by atoms with E-state index in [0.29, 0.717) is 11.6 Å². The minimum Gasteiger partial charge on any atom is -0.440 e. The molecule has 0 saturated heterocycles. The van der Waals surface area contributed by atoms with Crippen molar-refractivity contribution in [2.24, 2.45) is 5.84 Å². The maximum absolute atomic E-state index is 11.2. The van der Waals surface area contributed by atoms with E-state index < -0.39 is 0 Å². The fourth-order valence-electron chi connectivity index (χ4n) is 0.923. The van der Waals surface area contributed by atoms with E-state index in [2.05, 4.69) is 10.4 Å². The molecular formula is C8H13N3O2S. The zero-order valence-electron chi connectivity index (χ0n) is 8.11. The second kappa shape index (κ2) is 5.02. The van der Waals surface area contributed by atoms with Crippen molar-refractivity contribution in [3.05, 3.63) is 12.0 Å². The summed E-state index contributed by atoms with van der Waals surface area (Å²) in [4.78, 5) is 15.3. The fourth-order valence-corrected chi connectivity index (χ4v) is 1.81. The summed E-state index contributed by atoms with van der Waals surface area (Å²) in [5, 5.41) is 0.246. The maximum Gasteiger partial charge on any atom is 0.256 e. The van der Waals surface area contributed by atoms with Gasteiger partial charge in [-0.15, -0.1) is 0 Å².